The minimum atomic E-state index is -1.44. The van der Waals surface area contributed by atoms with Gasteiger partial charge < -0.3 is 35.4 Å². The second-order valence-corrected chi connectivity index (χ2v) is 15.4. The van der Waals surface area contributed by atoms with Gasteiger partial charge in [-0.3, -0.25) is 28.8 Å². The number of hydrogen-bond donors (Lipinski definition) is 3. The zero-order chi connectivity index (χ0) is 39.2. The molecule has 6 amide bonds. The molecular weight excluding hydrogens is 704 g/mol. The number of benzene rings is 2. The molecule has 2 aromatic rings. The van der Waals surface area contributed by atoms with Crippen molar-refractivity contribution < 1.29 is 38.3 Å². The summed E-state index contributed by atoms with van der Waals surface area (Å²) < 4.78 is 5.96. The van der Waals surface area contributed by atoms with Gasteiger partial charge in [-0.1, -0.05) is 67.6 Å². The lowest BCUT2D eigenvalue weighted by atomic mass is 9.99. The van der Waals surface area contributed by atoms with E-state index in [0.717, 1.165) is 11.1 Å². The first-order chi connectivity index (χ1) is 26.4. The Morgan fingerprint density at radius 1 is 0.764 bits per heavy atom. The van der Waals surface area contributed by atoms with Gasteiger partial charge in [-0.2, -0.15) is 0 Å². The molecule has 0 aromatic heterocycles. The summed E-state index contributed by atoms with van der Waals surface area (Å²) in [6, 6.07) is 12.0. The van der Waals surface area contributed by atoms with Crippen LogP contribution in [0.1, 0.15) is 70.4 Å². The number of cyclic esters (lactones) is 1. The lowest BCUT2D eigenvalue weighted by Crippen LogP contribution is -2.63. The zero-order valence-electron chi connectivity index (χ0n) is 31.8. The fourth-order valence-corrected chi connectivity index (χ4v) is 8.31. The number of carbonyl (C=O) groups excluding carboxylic acids is 7. The van der Waals surface area contributed by atoms with E-state index in [0.29, 0.717) is 45.1 Å². The zero-order valence-corrected chi connectivity index (χ0v) is 31.8. The number of ether oxygens (including phenoxy) is 1. The highest BCUT2D eigenvalue weighted by atomic mass is 16.5. The lowest BCUT2D eigenvalue weighted by molar-refractivity contribution is -0.163. The minimum absolute atomic E-state index is 0.0243. The summed E-state index contributed by atoms with van der Waals surface area (Å²) in [7, 11) is 0. The van der Waals surface area contributed by atoms with Gasteiger partial charge in [-0.25, -0.2) is 4.79 Å². The summed E-state index contributed by atoms with van der Waals surface area (Å²) in [6.45, 7) is 5.78. The van der Waals surface area contributed by atoms with E-state index in [4.69, 9.17) is 4.74 Å². The first kappa shape index (κ1) is 39.4. The van der Waals surface area contributed by atoms with Crippen molar-refractivity contribution in [3.8, 4) is 0 Å². The van der Waals surface area contributed by atoms with E-state index in [1.54, 1.807) is 6.92 Å². The molecular formula is C41H52N6O8. The van der Waals surface area contributed by atoms with E-state index in [1.165, 1.54) is 21.6 Å². The van der Waals surface area contributed by atoms with Crippen molar-refractivity contribution in [1.82, 2.24) is 30.7 Å². The molecule has 3 N–H and O–H groups in total. The van der Waals surface area contributed by atoms with Crippen molar-refractivity contribution in [2.75, 3.05) is 19.6 Å². The average molecular weight is 757 g/mol. The topological polar surface area (TPSA) is 175 Å². The van der Waals surface area contributed by atoms with Crippen LogP contribution in [0.4, 0.5) is 0 Å². The van der Waals surface area contributed by atoms with E-state index in [1.807, 2.05) is 67.6 Å². The largest absolute Gasteiger partial charge is 0.458 e. The summed E-state index contributed by atoms with van der Waals surface area (Å²) >= 11 is 0. The van der Waals surface area contributed by atoms with Gasteiger partial charge in [0.05, 0.1) is 6.42 Å². The van der Waals surface area contributed by atoms with Crippen LogP contribution in [0.5, 0.6) is 0 Å². The van der Waals surface area contributed by atoms with Gasteiger partial charge >= 0.3 is 5.97 Å². The molecule has 0 saturated carbocycles. The van der Waals surface area contributed by atoms with Crippen molar-refractivity contribution in [1.29, 1.82) is 0 Å². The molecule has 294 valence electrons. The second-order valence-electron chi connectivity index (χ2n) is 15.4. The highest BCUT2D eigenvalue weighted by molar-refractivity contribution is 5.98. The molecule has 8 atom stereocenters. The van der Waals surface area contributed by atoms with Crippen LogP contribution < -0.4 is 16.0 Å². The molecule has 0 radical (unpaired) electrons. The fraction of sp³-hybridized carbons (Fsp3) is 0.537. The Morgan fingerprint density at radius 2 is 1.40 bits per heavy atom. The number of carbonyl (C=O) groups is 7. The van der Waals surface area contributed by atoms with Crippen molar-refractivity contribution >= 4 is 41.4 Å². The first-order valence-corrected chi connectivity index (χ1v) is 19.5. The molecule has 0 aliphatic carbocycles. The smallest absolute Gasteiger partial charge is 0.329 e. The van der Waals surface area contributed by atoms with Gasteiger partial charge in [-0.15, -0.1) is 0 Å². The van der Waals surface area contributed by atoms with Crippen LogP contribution in [0, 0.1) is 5.92 Å². The summed E-state index contributed by atoms with van der Waals surface area (Å²) in [5, 5.41) is 8.46. The summed E-state index contributed by atoms with van der Waals surface area (Å²) in [4.78, 5) is 102. The first-order valence-electron chi connectivity index (χ1n) is 19.5. The molecule has 14 heteroatoms. The molecule has 0 unspecified atom stereocenters. The quantitative estimate of drug-likeness (QED) is 0.357. The normalized spacial score (nSPS) is 28.4. The standard InChI is InChI=1S/C41H52N6O8/c1-25-21-33-41(54)55-27(3)35(44-36(49)30(22-28-13-6-4-7-14-28)43-34(48)23-29-15-8-5-9-16-29)40(53)46-20-12-18-32(46)39(52)45-19-11-10-17-31(45)37(50)42-26(2)38(51)47(33)24-25/h4-9,13-16,25-27,30-33,35H,10-12,17-24H2,1-3H3,(H,42,50)(H,43,48)(H,44,49)/t25-,26+,27+,30+,31+,32+,33+,35+/m1/s1. The maximum Gasteiger partial charge on any atom is 0.329 e. The van der Waals surface area contributed by atoms with Gasteiger partial charge in [0.1, 0.15) is 42.4 Å². The van der Waals surface area contributed by atoms with Crippen LogP contribution in [0.15, 0.2) is 60.7 Å². The molecule has 6 rings (SSSR count). The maximum absolute atomic E-state index is 14.7. The van der Waals surface area contributed by atoms with Crippen molar-refractivity contribution in [3.63, 3.8) is 0 Å². The highest BCUT2D eigenvalue weighted by Gasteiger charge is 2.47. The molecule has 0 bridgehead atoms. The Balaban J connectivity index is 1.32. The van der Waals surface area contributed by atoms with Crippen LogP contribution >= 0.6 is 0 Å². The molecule has 4 aliphatic rings. The molecule has 4 fully saturated rings. The van der Waals surface area contributed by atoms with E-state index in [-0.39, 0.29) is 37.8 Å². The van der Waals surface area contributed by atoms with E-state index >= 15 is 0 Å². The SMILES string of the molecule is C[C@@H]1C[C@H]2C(=O)O[C@@H](C)[C@H](NC(=O)[C@H](Cc3ccccc3)NC(=O)Cc3ccccc3)C(=O)N3CCC[C@H]3C(=O)N3CCCC[C@H]3C(=O)N[C@@H](C)C(=O)N2C1. The molecule has 2 aromatic carbocycles. The maximum atomic E-state index is 14.7. The summed E-state index contributed by atoms with van der Waals surface area (Å²) in [5.41, 5.74) is 1.53. The number of rotatable bonds is 7. The summed E-state index contributed by atoms with van der Waals surface area (Å²) in [6.07, 6.45) is 1.89. The van der Waals surface area contributed by atoms with Crippen LogP contribution in [0.25, 0.3) is 0 Å². The number of fused-ring (bicyclic) bond motifs is 3. The highest BCUT2D eigenvalue weighted by Crippen LogP contribution is 2.28. The summed E-state index contributed by atoms with van der Waals surface area (Å²) in [5.74, 6) is -3.77. The van der Waals surface area contributed by atoms with E-state index in [9.17, 15) is 33.6 Å². The number of hydrogen-bond acceptors (Lipinski definition) is 8. The van der Waals surface area contributed by atoms with Crippen LogP contribution in [0.3, 0.4) is 0 Å². The molecule has 4 aliphatic heterocycles. The van der Waals surface area contributed by atoms with Gasteiger partial charge in [0, 0.05) is 26.1 Å². The minimum Gasteiger partial charge on any atom is -0.458 e. The lowest BCUT2D eigenvalue weighted by Gasteiger charge is -2.39. The third kappa shape index (κ3) is 9.17. The monoisotopic (exact) mass is 756 g/mol. The van der Waals surface area contributed by atoms with Crippen LogP contribution in [-0.4, -0.2) is 118 Å². The fourth-order valence-electron chi connectivity index (χ4n) is 8.31. The van der Waals surface area contributed by atoms with Gasteiger partial charge in [0.15, 0.2) is 0 Å². The predicted molar refractivity (Wildman–Crippen MR) is 201 cm³/mol. The molecule has 0 spiro atoms. The second kappa shape index (κ2) is 17.5. The molecule has 4 saturated heterocycles. The Labute approximate surface area is 321 Å². The number of piperidine rings is 1. The third-order valence-electron chi connectivity index (χ3n) is 11.2. The Bertz CT molecular complexity index is 1760. The third-order valence-corrected chi connectivity index (χ3v) is 11.2. The number of nitrogens with one attached hydrogen (secondary N) is 3. The number of nitrogens with zero attached hydrogens (tertiary/aromatic N) is 3. The van der Waals surface area contributed by atoms with Crippen molar-refractivity contribution in [2.45, 2.75) is 114 Å². The van der Waals surface area contributed by atoms with Gasteiger partial charge in [0.25, 0.3) is 0 Å². The molecule has 14 nitrogen and oxygen atoms in total. The Hall–Kier alpha value is -5.27. The predicted octanol–water partition coefficient (Wildman–Crippen LogP) is 1.50. The number of esters is 1. The van der Waals surface area contributed by atoms with Crippen molar-refractivity contribution in [2.24, 2.45) is 5.92 Å². The number of amides is 6. The Morgan fingerprint density at radius 3 is 2.11 bits per heavy atom. The van der Waals surface area contributed by atoms with Gasteiger partial charge in [-0.05, 0) is 69.4 Å². The van der Waals surface area contributed by atoms with E-state index in [2.05, 4.69) is 16.0 Å². The van der Waals surface area contributed by atoms with Crippen LogP contribution in [-0.2, 0) is 51.1 Å². The molecule has 4 heterocycles. The van der Waals surface area contributed by atoms with Crippen LogP contribution in [0.2, 0.25) is 0 Å². The van der Waals surface area contributed by atoms with Crippen molar-refractivity contribution in [3.05, 3.63) is 71.8 Å². The van der Waals surface area contributed by atoms with E-state index < -0.39 is 77.9 Å². The Kier molecular flexibility index (Phi) is 12.5. The average Bonchev–Trinajstić information content (AvgIpc) is 3.83. The molecule has 55 heavy (non-hydrogen) atoms. The van der Waals surface area contributed by atoms with Gasteiger partial charge in [0.2, 0.25) is 35.4 Å².